The molecule has 1 fully saturated rings. The van der Waals surface area contributed by atoms with E-state index in [-0.39, 0.29) is 28.4 Å². The summed E-state index contributed by atoms with van der Waals surface area (Å²) in [7, 11) is -1.14. The SMILES string of the molecule is COc1ccc(S(=O)(=O)N2CCCC2C(=O)Nc2ccccc2C(=O)O)cc1OC. The van der Waals surface area contributed by atoms with Crippen LogP contribution in [0.25, 0.3) is 0 Å². The summed E-state index contributed by atoms with van der Waals surface area (Å²) in [6.07, 6.45) is 0.832. The molecule has 2 aromatic carbocycles. The fourth-order valence-corrected chi connectivity index (χ4v) is 5.07. The Hall–Kier alpha value is -3.11. The summed E-state index contributed by atoms with van der Waals surface area (Å²) in [5.41, 5.74) is 0.0449. The zero-order chi connectivity index (χ0) is 21.9. The molecule has 1 amide bonds. The topological polar surface area (TPSA) is 122 Å². The summed E-state index contributed by atoms with van der Waals surface area (Å²) in [6, 6.07) is 9.24. The van der Waals surface area contributed by atoms with E-state index in [1.807, 2.05) is 0 Å². The number of amides is 1. The minimum Gasteiger partial charge on any atom is -0.493 e. The van der Waals surface area contributed by atoms with Crippen molar-refractivity contribution in [3.63, 3.8) is 0 Å². The summed E-state index contributed by atoms with van der Waals surface area (Å²) in [5.74, 6) is -1.12. The first-order chi connectivity index (χ1) is 14.3. The maximum atomic E-state index is 13.2. The van der Waals surface area contributed by atoms with Crippen LogP contribution in [0.5, 0.6) is 11.5 Å². The molecule has 0 bridgehead atoms. The number of nitrogens with zero attached hydrogens (tertiary/aromatic N) is 1. The first kappa shape index (κ1) is 21.6. The van der Waals surface area contributed by atoms with Crippen molar-refractivity contribution in [2.24, 2.45) is 0 Å². The van der Waals surface area contributed by atoms with Gasteiger partial charge >= 0.3 is 5.97 Å². The highest BCUT2D eigenvalue weighted by atomic mass is 32.2. The van der Waals surface area contributed by atoms with E-state index in [1.165, 1.54) is 44.6 Å². The second kappa shape index (κ2) is 8.72. The highest BCUT2D eigenvalue weighted by Gasteiger charge is 2.40. The van der Waals surface area contributed by atoms with Crippen molar-refractivity contribution in [2.75, 3.05) is 26.1 Å². The monoisotopic (exact) mass is 434 g/mol. The standard InChI is InChI=1S/C20H22N2O7S/c1-28-17-10-9-13(12-18(17)29-2)30(26,27)22-11-5-8-16(22)19(23)21-15-7-4-3-6-14(15)20(24)25/h3-4,6-7,9-10,12,16H,5,8,11H2,1-2H3,(H,21,23)(H,24,25). The largest absolute Gasteiger partial charge is 0.493 e. The number of methoxy groups -OCH3 is 2. The van der Waals surface area contributed by atoms with Crippen LogP contribution in [0.4, 0.5) is 5.69 Å². The number of ether oxygens (including phenoxy) is 2. The smallest absolute Gasteiger partial charge is 0.337 e. The predicted molar refractivity (Wildman–Crippen MR) is 108 cm³/mol. The highest BCUT2D eigenvalue weighted by Crippen LogP contribution is 2.33. The van der Waals surface area contributed by atoms with Gasteiger partial charge in [0.15, 0.2) is 11.5 Å². The van der Waals surface area contributed by atoms with Gasteiger partial charge in [-0.05, 0) is 37.1 Å². The number of rotatable bonds is 7. The van der Waals surface area contributed by atoms with Crippen molar-refractivity contribution in [1.29, 1.82) is 0 Å². The third kappa shape index (κ3) is 4.10. The van der Waals surface area contributed by atoms with Gasteiger partial charge in [0.25, 0.3) is 0 Å². The van der Waals surface area contributed by atoms with Crippen LogP contribution in [-0.2, 0) is 14.8 Å². The number of benzene rings is 2. The van der Waals surface area contributed by atoms with Crippen molar-refractivity contribution in [3.05, 3.63) is 48.0 Å². The van der Waals surface area contributed by atoms with E-state index >= 15 is 0 Å². The van der Waals surface area contributed by atoms with Gasteiger partial charge in [0.05, 0.1) is 30.4 Å². The summed E-state index contributed by atoms with van der Waals surface area (Å²) in [6.45, 7) is 0.176. The highest BCUT2D eigenvalue weighted by molar-refractivity contribution is 7.89. The molecule has 1 heterocycles. The van der Waals surface area contributed by atoms with Gasteiger partial charge in [-0.25, -0.2) is 13.2 Å². The Bertz CT molecular complexity index is 1070. The Morgan fingerprint density at radius 2 is 1.80 bits per heavy atom. The minimum atomic E-state index is -3.99. The van der Waals surface area contributed by atoms with Crippen LogP contribution in [0.15, 0.2) is 47.4 Å². The molecule has 0 radical (unpaired) electrons. The van der Waals surface area contributed by atoms with E-state index in [4.69, 9.17) is 9.47 Å². The van der Waals surface area contributed by atoms with Gasteiger partial charge in [-0.3, -0.25) is 4.79 Å². The first-order valence-corrected chi connectivity index (χ1v) is 10.6. The van der Waals surface area contributed by atoms with Crippen LogP contribution < -0.4 is 14.8 Å². The van der Waals surface area contributed by atoms with Crippen LogP contribution in [0.3, 0.4) is 0 Å². The number of hydrogen-bond donors (Lipinski definition) is 2. The minimum absolute atomic E-state index is 0.0224. The number of carbonyl (C=O) groups is 2. The van der Waals surface area contributed by atoms with Crippen molar-refractivity contribution >= 4 is 27.6 Å². The lowest BCUT2D eigenvalue weighted by atomic mass is 10.1. The summed E-state index contributed by atoms with van der Waals surface area (Å²) >= 11 is 0. The van der Waals surface area contributed by atoms with Crippen LogP contribution >= 0.6 is 0 Å². The van der Waals surface area contributed by atoms with E-state index in [1.54, 1.807) is 12.1 Å². The Kier molecular flexibility index (Phi) is 6.28. The Balaban J connectivity index is 1.88. The zero-order valence-electron chi connectivity index (χ0n) is 16.5. The fraction of sp³-hybridized carbons (Fsp3) is 0.300. The fourth-order valence-electron chi connectivity index (χ4n) is 3.40. The Morgan fingerprint density at radius 3 is 2.47 bits per heavy atom. The second-order valence-electron chi connectivity index (χ2n) is 6.63. The molecule has 1 aliphatic rings. The van der Waals surface area contributed by atoms with Gasteiger partial charge in [0.2, 0.25) is 15.9 Å². The molecule has 1 saturated heterocycles. The number of para-hydroxylation sites is 1. The van der Waals surface area contributed by atoms with Crippen molar-refractivity contribution in [3.8, 4) is 11.5 Å². The third-order valence-corrected chi connectivity index (χ3v) is 6.79. The molecular formula is C20H22N2O7S. The number of carboxylic acid groups (broad SMARTS) is 1. The summed E-state index contributed by atoms with van der Waals surface area (Å²) < 4.78 is 37.9. The van der Waals surface area contributed by atoms with E-state index in [2.05, 4.69) is 5.32 Å². The number of nitrogens with one attached hydrogen (secondary N) is 1. The molecule has 10 heteroatoms. The predicted octanol–water partition coefficient (Wildman–Crippen LogP) is 2.19. The molecule has 1 unspecified atom stereocenters. The van der Waals surface area contributed by atoms with E-state index in [0.29, 0.717) is 18.6 Å². The second-order valence-corrected chi connectivity index (χ2v) is 8.52. The maximum absolute atomic E-state index is 13.2. The molecule has 30 heavy (non-hydrogen) atoms. The Morgan fingerprint density at radius 1 is 1.10 bits per heavy atom. The average molecular weight is 434 g/mol. The lowest BCUT2D eigenvalue weighted by Crippen LogP contribution is -2.43. The number of carbonyl (C=O) groups excluding carboxylic acids is 1. The molecule has 0 aromatic heterocycles. The van der Waals surface area contributed by atoms with E-state index in [9.17, 15) is 23.1 Å². The van der Waals surface area contributed by atoms with Gasteiger partial charge < -0.3 is 19.9 Å². The van der Waals surface area contributed by atoms with Crippen LogP contribution in [-0.4, -0.2) is 56.5 Å². The molecule has 0 aliphatic carbocycles. The summed E-state index contributed by atoms with van der Waals surface area (Å²) in [4.78, 5) is 24.2. The van der Waals surface area contributed by atoms with Crippen LogP contribution in [0.2, 0.25) is 0 Å². The van der Waals surface area contributed by atoms with E-state index < -0.39 is 27.9 Å². The molecule has 2 N–H and O–H groups in total. The van der Waals surface area contributed by atoms with Crippen LogP contribution in [0, 0.1) is 0 Å². The molecule has 1 aliphatic heterocycles. The average Bonchev–Trinajstić information content (AvgIpc) is 3.24. The molecule has 160 valence electrons. The number of carboxylic acids is 1. The van der Waals surface area contributed by atoms with Gasteiger partial charge in [0, 0.05) is 12.6 Å². The van der Waals surface area contributed by atoms with Gasteiger partial charge in [-0.15, -0.1) is 0 Å². The molecule has 0 spiro atoms. The number of anilines is 1. The lowest BCUT2D eigenvalue weighted by molar-refractivity contribution is -0.119. The lowest BCUT2D eigenvalue weighted by Gasteiger charge is -2.24. The third-order valence-electron chi connectivity index (χ3n) is 4.88. The number of aromatic carboxylic acids is 1. The van der Waals surface area contributed by atoms with Gasteiger partial charge in [0.1, 0.15) is 6.04 Å². The molecule has 9 nitrogen and oxygen atoms in total. The van der Waals surface area contributed by atoms with Gasteiger partial charge in [-0.2, -0.15) is 4.31 Å². The summed E-state index contributed by atoms with van der Waals surface area (Å²) in [5, 5.41) is 11.8. The normalized spacial score (nSPS) is 16.8. The zero-order valence-corrected chi connectivity index (χ0v) is 17.3. The molecule has 2 aromatic rings. The van der Waals surface area contributed by atoms with Crippen LogP contribution in [0.1, 0.15) is 23.2 Å². The van der Waals surface area contributed by atoms with Crippen molar-refractivity contribution in [2.45, 2.75) is 23.8 Å². The molecule has 0 saturated carbocycles. The van der Waals surface area contributed by atoms with Crippen molar-refractivity contribution < 1.29 is 32.6 Å². The Labute approximate surface area is 174 Å². The van der Waals surface area contributed by atoms with E-state index in [0.717, 1.165) is 4.31 Å². The number of hydrogen-bond acceptors (Lipinski definition) is 6. The maximum Gasteiger partial charge on any atom is 0.337 e. The van der Waals surface area contributed by atoms with Gasteiger partial charge in [-0.1, -0.05) is 12.1 Å². The number of sulfonamides is 1. The quantitative estimate of drug-likeness (QED) is 0.685. The molecule has 1 atom stereocenters. The molecular weight excluding hydrogens is 412 g/mol. The molecule has 3 rings (SSSR count). The van der Waals surface area contributed by atoms with Crippen molar-refractivity contribution in [1.82, 2.24) is 4.31 Å². The first-order valence-electron chi connectivity index (χ1n) is 9.16.